The zero-order valence-electron chi connectivity index (χ0n) is 10.4. The van der Waals surface area contributed by atoms with Gasteiger partial charge in [-0.25, -0.2) is 5.84 Å². The third-order valence-electron chi connectivity index (χ3n) is 3.65. The van der Waals surface area contributed by atoms with Crippen molar-refractivity contribution < 1.29 is 5.11 Å². The maximum atomic E-state index is 9.36. The van der Waals surface area contributed by atoms with Crippen molar-refractivity contribution in [2.24, 2.45) is 11.8 Å². The van der Waals surface area contributed by atoms with Crippen LogP contribution in [-0.4, -0.2) is 37.9 Å². The first kappa shape index (κ1) is 12.1. The number of aliphatic hydroxyl groups excluding tert-OH is 1. The highest BCUT2D eigenvalue weighted by molar-refractivity contribution is 5.87. The molecule has 3 rings (SSSR count). The van der Waals surface area contributed by atoms with Gasteiger partial charge in [0.15, 0.2) is 5.65 Å². The molecule has 2 aromatic rings. The van der Waals surface area contributed by atoms with Crippen LogP contribution in [0.5, 0.6) is 0 Å². The number of aromatic amines is 1. The van der Waals surface area contributed by atoms with Crippen LogP contribution in [0.25, 0.3) is 11.0 Å². The summed E-state index contributed by atoms with van der Waals surface area (Å²) in [6.07, 6.45) is 4.86. The van der Waals surface area contributed by atoms with E-state index in [1.54, 1.807) is 6.20 Å². The number of nitrogen functional groups attached to an aromatic ring is 1. The van der Waals surface area contributed by atoms with E-state index in [1.165, 1.54) is 0 Å². The maximum absolute atomic E-state index is 9.36. The fourth-order valence-corrected chi connectivity index (χ4v) is 2.63. The highest BCUT2D eigenvalue weighted by atomic mass is 16.3. The standard InChI is InChI=1S/C11H17N7O/c12-17-11-15-9(7-4-13-18-10(7)16-11)14-8-3-1-2-6(8)5-19/h4,6,8,19H,1-3,5,12H2,(H3,13,14,15,16,17,18). The molecule has 0 aromatic carbocycles. The number of hydrazine groups is 1. The van der Waals surface area contributed by atoms with E-state index in [2.05, 4.69) is 30.9 Å². The second kappa shape index (κ2) is 4.98. The van der Waals surface area contributed by atoms with Gasteiger partial charge in [0.05, 0.1) is 11.6 Å². The molecule has 0 spiro atoms. The zero-order chi connectivity index (χ0) is 13.2. The van der Waals surface area contributed by atoms with Gasteiger partial charge in [-0.2, -0.15) is 15.1 Å². The van der Waals surface area contributed by atoms with E-state index < -0.39 is 0 Å². The number of nitrogens with two attached hydrogens (primary N) is 1. The normalized spacial score (nSPS) is 22.8. The minimum absolute atomic E-state index is 0.194. The topological polar surface area (TPSA) is 125 Å². The van der Waals surface area contributed by atoms with E-state index in [9.17, 15) is 5.11 Å². The Labute approximate surface area is 109 Å². The summed E-state index contributed by atoms with van der Waals surface area (Å²) < 4.78 is 0. The van der Waals surface area contributed by atoms with Crippen LogP contribution in [0.3, 0.4) is 0 Å². The van der Waals surface area contributed by atoms with Crippen molar-refractivity contribution in [3.05, 3.63) is 6.20 Å². The van der Waals surface area contributed by atoms with Crippen LogP contribution < -0.4 is 16.6 Å². The molecule has 8 nitrogen and oxygen atoms in total. The van der Waals surface area contributed by atoms with Crippen LogP contribution in [-0.2, 0) is 0 Å². The SMILES string of the molecule is NNc1nc(NC2CCCC2CO)c2cn[nH]c2n1. The molecule has 2 aromatic heterocycles. The second-order valence-corrected chi connectivity index (χ2v) is 4.80. The Morgan fingerprint density at radius 3 is 3.11 bits per heavy atom. The number of aromatic nitrogens is 4. The molecule has 8 heteroatoms. The van der Waals surface area contributed by atoms with Gasteiger partial charge in [0, 0.05) is 18.6 Å². The Balaban J connectivity index is 1.92. The van der Waals surface area contributed by atoms with E-state index in [0.717, 1.165) is 24.6 Å². The summed E-state index contributed by atoms with van der Waals surface area (Å²) in [4.78, 5) is 8.50. The van der Waals surface area contributed by atoms with Gasteiger partial charge >= 0.3 is 0 Å². The van der Waals surface area contributed by atoms with E-state index in [0.29, 0.717) is 17.4 Å². The monoisotopic (exact) mass is 263 g/mol. The van der Waals surface area contributed by atoms with Crippen LogP contribution in [0, 0.1) is 5.92 Å². The summed E-state index contributed by atoms with van der Waals surface area (Å²) in [5.74, 6) is 6.66. The summed E-state index contributed by atoms with van der Waals surface area (Å²) in [5, 5.41) is 20.3. The molecule has 0 radical (unpaired) electrons. The molecule has 1 aliphatic rings. The van der Waals surface area contributed by atoms with E-state index in [-0.39, 0.29) is 18.6 Å². The highest BCUT2D eigenvalue weighted by Crippen LogP contribution is 2.29. The van der Waals surface area contributed by atoms with E-state index in [1.807, 2.05) is 0 Å². The summed E-state index contributed by atoms with van der Waals surface area (Å²) in [7, 11) is 0. The van der Waals surface area contributed by atoms with Crippen LogP contribution >= 0.6 is 0 Å². The van der Waals surface area contributed by atoms with Crippen LogP contribution in [0.1, 0.15) is 19.3 Å². The highest BCUT2D eigenvalue weighted by Gasteiger charge is 2.27. The van der Waals surface area contributed by atoms with E-state index >= 15 is 0 Å². The fraction of sp³-hybridized carbons (Fsp3) is 0.545. The molecule has 0 bridgehead atoms. The average Bonchev–Trinajstić information content (AvgIpc) is 3.06. The predicted molar refractivity (Wildman–Crippen MR) is 71.3 cm³/mol. The Kier molecular flexibility index (Phi) is 3.18. The van der Waals surface area contributed by atoms with Gasteiger partial charge in [0.25, 0.3) is 0 Å². The molecular weight excluding hydrogens is 246 g/mol. The van der Waals surface area contributed by atoms with Gasteiger partial charge in [-0.05, 0) is 12.8 Å². The molecule has 2 unspecified atom stereocenters. The number of rotatable bonds is 4. The van der Waals surface area contributed by atoms with Crippen molar-refractivity contribution in [2.75, 3.05) is 17.3 Å². The molecule has 102 valence electrons. The lowest BCUT2D eigenvalue weighted by atomic mass is 10.1. The van der Waals surface area contributed by atoms with Crippen molar-refractivity contribution >= 4 is 22.8 Å². The largest absolute Gasteiger partial charge is 0.396 e. The third-order valence-corrected chi connectivity index (χ3v) is 3.65. The van der Waals surface area contributed by atoms with Gasteiger partial charge in [-0.1, -0.05) is 6.42 Å². The molecule has 2 heterocycles. The van der Waals surface area contributed by atoms with Gasteiger partial charge in [0.2, 0.25) is 5.95 Å². The van der Waals surface area contributed by atoms with Crippen molar-refractivity contribution in [1.29, 1.82) is 0 Å². The fourth-order valence-electron chi connectivity index (χ4n) is 2.63. The number of hydrogen-bond donors (Lipinski definition) is 5. The van der Waals surface area contributed by atoms with Gasteiger partial charge < -0.3 is 10.4 Å². The lowest BCUT2D eigenvalue weighted by molar-refractivity contribution is 0.222. The van der Waals surface area contributed by atoms with Crippen LogP contribution in [0.15, 0.2) is 6.20 Å². The molecular formula is C11H17N7O. The number of aliphatic hydroxyl groups is 1. The summed E-state index contributed by atoms with van der Waals surface area (Å²) >= 11 is 0. The predicted octanol–water partition coefficient (Wildman–Crippen LogP) is 0.211. The minimum atomic E-state index is 0.194. The number of hydrogen-bond acceptors (Lipinski definition) is 7. The number of anilines is 2. The minimum Gasteiger partial charge on any atom is -0.396 e. The van der Waals surface area contributed by atoms with Crippen LogP contribution in [0.4, 0.5) is 11.8 Å². The molecule has 6 N–H and O–H groups in total. The average molecular weight is 263 g/mol. The smallest absolute Gasteiger partial charge is 0.241 e. The summed E-state index contributed by atoms with van der Waals surface area (Å²) in [6, 6.07) is 0.226. The molecule has 0 amide bonds. The Morgan fingerprint density at radius 1 is 1.42 bits per heavy atom. The first-order valence-corrected chi connectivity index (χ1v) is 6.37. The number of nitrogens with zero attached hydrogens (tertiary/aromatic N) is 3. The van der Waals surface area contributed by atoms with Gasteiger partial charge in [-0.3, -0.25) is 10.5 Å². The van der Waals surface area contributed by atoms with Crippen LogP contribution in [0.2, 0.25) is 0 Å². The molecule has 1 aliphatic carbocycles. The first-order chi connectivity index (χ1) is 9.31. The lowest BCUT2D eigenvalue weighted by Crippen LogP contribution is -2.27. The summed E-state index contributed by atoms with van der Waals surface area (Å²) in [5.41, 5.74) is 3.07. The molecule has 1 saturated carbocycles. The van der Waals surface area contributed by atoms with Crippen molar-refractivity contribution in [3.63, 3.8) is 0 Å². The second-order valence-electron chi connectivity index (χ2n) is 4.80. The Hall–Kier alpha value is -1.93. The summed E-state index contributed by atoms with van der Waals surface area (Å²) in [6.45, 7) is 0.194. The number of H-pyrrole nitrogens is 1. The van der Waals surface area contributed by atoms with Crippen molar-refractivity contribution in [2.45, 2.75) is 25.3 Å². The zero-order valence-corrected chi connectivity index (χ0v) is 10.4. The Morgan fingerprint density at radius 2 is 2.32 bits per heavy atom. The molecule has 1 fully saturated rings. The molecule has 0 saturated heterocycles. The molecule has 0 aliphatic heterocycles. The quantitative estimate of drug-likeness (QED) is 0.394. The third kappa shape index (κ3) is 2.20. The first-order valence-electron chi connectivity index (χ1n) is 6.37. The molecule has 2 atom stereocenters. The van der Waals surface area contributed by atoms with Gasteiger partial charge in [0.1, 0.15) is 5.82 Å². The van der Waals surface area contributed by atoms with Crippen molar-refractivity contribution in [1.82, 2.24) is 20.2 Å². The van der Waals surface area contributed by atoms with E-state index in [4.69, 9.17) is 5.84 Å². The molecule has 19 heavy (non-hydrogen) atoms. The Bertz CT molecular complexity index is 569. The van der Waals surface area contributed by atoms with Crippen molar-refractivity contribution in [3.8, 4) is 0 Å². The maximum Gasteiger partial charge on any atom is 0.241 e. The number of nitrogens with one attached hydrogen (secondary N) is 3. The van der Waals surface area contributed by atoms with Gasteiger partial charge in [-0.15, -0.1) is 0 Å². The lowest BCUT2D eigenvalue weighted by Gasteiger charge is -2.20. The number of fused-ring (bicyclic) bond motifs is 1.